The molecule has 4 aromatic carbocycles. The van der Waals surface area contributed by atoms with Crippen molar-refractivity contribution in [3.8, 4) is 11.1 Å². The van der Waals surface area contributed by atoms with Gasteiger partial charge in [-0.15, -0.1) is 0 Å². The number of amides is 1. The number of methoxy groups -OCH3 is 1. The standard InChI is InChI=1S/C33H29F4N3O3/c1-43-32(42)30(23-7-3-2-4-8-23)40-19-17-39(18-20-40)25-15-16-29(28(34)21-25)38-31(41)27-10-6-5-9-26(27)22-11-13-24(14-12-22)33(35,36)37/h2-16,21,30H,17-20H2,1H3,(H,38,41). The van der Waals surface area contributed by atoms with Gasteiger partial charge in [0.2, 0.25) is 0 Å². The Kier molecular flexibility index (Phi) is 8.77. The number of anilines is 2. The van der Waals surface area contributed by atoms with Crippen molar-refractivity contribution < 1.29 is 31.9 Å². The summed E-state index contributed by atoms with van der Waals surface area (Å²) in [6.07, 6.45) is -4.47. The summed E-state index contributed by atoms with van der Waals surface area (Å²) >= 11 is 0. The number of alkyl halides is 3. The summed E-state index contributed by atoms with van der Waals surface area (Å²) in [5.41, 5.74) is 1.70. The van der Waals surface area contributed by atoms with Crippen LogP contribution in [0.3, 0.4) is 0 Å². The number of hydrogen-bond acceptors (Lipinski definition) is 5. The lowest BCUT2D eigenvalue weighted by Crippen LogP contribution is -2.49. The molecule has 1 fully saturated rings. The van der Waals surface area contributed by atoms with Crippen molar-refractivity contribution in [2.75, 3.05) is 43.5 Å². The number of carbonyl (C=O) groups excluding carboxylic acids is 2. The fraction of sp³-hybridized carbons (Fsp3) is 0.212. The van der Waals surface area contributed by atoms with Crippen LogP contribution in [0.1, 0.15) is 27.5 Å². The molecule has 10 heteroatoms. The molecule has 4 aromatic rings. The summed E-state index contributed by atoms with van der Waals surface area (Å²) in [7, 11) is 1.37. The van der Waals surface area contributed by atoms with E-state index >= 15 is 4.39 Å². The molecule has 1 unspecified atom stereocenters. The molecule has 0 aromatic heterocycles. The summed E-state index contributed by atoms with van der Waals surface area (Å²) in [6.45, 7) is 2.20. The number of halogens is 4. The Morgan fingerprint density at radius 2 is 1.49 bits per heavy atom. The van der Waals surface area contributed by atoms with Gasteiger partial charge in [-0.05, 0) is 53.1 Å². The van der Waals surface area contributed by atoms with Crippen molar-refractivity contribution in [2.45, 2.75) is 12.2 Å². The first-order valence-corrected chi connectivity index (χ1v) is 13.6. The molecular formula is C33H29F4N3O3. The second kappa shape index (κ2) is 12.7. The Morgan fingerprint density at radius 3 is 2.12 bits per heavy atom. The van der Waals surface area contributed by atoms with E-state index in [1.807, 2.05) is 40.1 Å². The van der Waals surface area contributed by atoms with Crippen LogP contribution >= 0.6 is 0 Å². The van der Waals surface area contributed by atoms with Gasteiger partial charge < -0.3 is 15.0 Å². The smallest absolute Gasteiger partial charge is 0.416 e. The van der Waals surface area contributed by atoms with Gasteiger partial charge in [0.1, 0.15) is 11.9 Å². The molecule has 0 radical (unpaired) electrons. The highest BCUT2D eigenvalue weighted by Gasteiger charge is 2.32. The van der Waals surface area contributed by atoms with E-state index in [9.17, 15) is 22.8 Å². The van der Waals surface area contributed by atoms with Crippen LogP contribution in [0.2, 0.25) is 0 Å². The predicted molar refractivity (Wildman–Crippen MR) is 156 cm³/mol. The third-order valence-electron chi connectivity index (χ3n) is 7.48. The average Bonchev–Trinajstić information content (AvgIpc) is 3.02. The maximum atomic E-state index is 15.2. The molecule has 43 heavy (non-hydrogen) atoms. The van der Waals surface area contributed by atoms with Gasteiger partial charge in [0, 0.05) is 37.4 Å². The van der Waals surface area contributed by atoms with Gasteiger partial charge in [-0.1, -0.05) is 60.7 Å². The second-order valence-corrected chi connectivity index (χ2v) is 10.1. The van der Waals surface area contributed by atoms with Gasteiger partial charge in [0.15, 0.2) is 0 Å². The monoisotopic (exact) mass is 591 g/mol. The first-order chi connectivity index (χ1) is 20.7. The minimum atomic E-state index is -4.47. The number of nitrogens with one attached hydrogen (secondary N) is 1. The normalized spacial score (nSPS) is 14.7. The number of benzene rings is 4. The van der Waals surface area contributed by atoms with E-state index < -0.39 is 29.5 Å². The lowest BCUT2D eigenvalue weighted by atomic mass is 9.98. The zero-order valence-corrected chi connectivity index (χ0v) is 23.3. The van der Waals surface area contributed by atoms with Crippen LogP contribution in [-0.2, 0) is 15.7 Å². The van der Waals surface area contributed by atoms with Crippen molar-refractivity contribution >= 4 is 23.3 Å². The SMILES string of the molecule is COC(=O)C(c1ccccc1)N1CCN(c2ccc(NC(=O)c3ccccc3-c3ccc(C(F)(F)F)cc3)c(F)c2)CC1. The van der Waals surface area contributed by atoms with Crippen molar-refractivity contribution in [2.24, 2.45) is 0 Å². The highest BCUT2D eigenvalue weighted by molar-refractivity contribution is 6.08. The van der Waals surface area contributed by atoms with Crippen LogP contribution < -0.4 is 10.2 Å². The maximum absolute atomic E-state index is 15.2. The van der Waals surface area contributed by atoms with Gasteiger partial charge in [0.05, 0.1) is 18.4 Å². The van der Waals surface area contributed by atoms with Crippen molar-refractivity contribution in [1.82, 2.24) is 4.90 Å². The lowest BCUT2D eigenvalue weighted by molar-refractivity contribution is -0.147. The zero-order chi connectivity index (χ0) is 30.6. The number of carbonyl (C=O) groups is 2. The summed E-state index contributed by atoms with van der Waals surface area (Å²) < 4.78 is 59.2. The Bertz CT molecular complexity index is 1590. The number of piperazine rings is 1. The maximum Gasteiger partial charge on any atom is 0.416 e. The molecule has 1 aliphatic rings. The first-order valence-electron chi connectivity index (χ1n) is 13.6. The number of hydrogen-bond donors (Lipinski definition) is 1. The summed E-state index contributed by atoms with van der Waals surface area (Å²) in [4.78, 5) is 29.8. The minimum Gasteiger partial charge on any atom is -0.468 e. The van der Waals surface area contributed by atoms with Crippen molar-refractivity contribution in [1.29, 1.82) is 0 Å². The topological polar surface area (TPSA) is 61.9 Å². The highest BCUT2D eigenvalue weighted by Crippen LogP contribution is 2.33. The first kappa shape index (κ1) is 29.8. The van der Waals surface area contributed by atoms with Gasteiger partial charge in [-0.25, -0.2) is 9.18 Å². The predicted octanol–water partition coefficient (Wildman–Crippen LogP) is 6.80. The van der Waals surface area contributed by atoms with Gasteiger partial charge in [0.25, 0.3) is 5.91 Å². The lowest BCUT2D eigenvalue weighted by Gasteiger charge is -2.39. The van der Waals surface area contributed by atoms with E-state index in [0.29, 0.717) is 43.0 Å². The van der Waals surface area contributed by atoms with Crippen molar-refractivity contribution in [3.63, 3.8) is 0 Å². The third-order valence-corrected chi connectivity index (χ3v) is 7.48. The van der Waals surface area contributed by atoms with E-state index in [1.165, 1.54) is 37.4 Å². The zero-order valence-electron chi connectivity index (χ0n) is 23.3. The molecule has 1 N–H and O–H groups in total. The molecule has 1 aliphatic heterocycles. The Labute approximate surface area is 246 Å². The number of ether oxygens (including phenoxy) is 1. The largest absolute Gasteiger partial charge is 0.468 e. The fourth-order valence-electron chi connectivity index (χ4n) is 5.24. The van der Waals surface area contributed by atoms with E-state index in [2.05, 4.69) is 5.32 Å². The Balaban J connectivity index is 1.27. The molecular weight excluding hydrogens is 562 g/mol. The summed E-state index contributed by atoms with van der Waals surface area (Å²) in [5.74, 6) is -1.56. The van der Waals surface area contributed by atoms with E-state index in [4.69, 9.17) is 4.74 Å². The molecule has 0 bridgehead atoms. The number of esters is 1. The molecule has 1 saturated heterocycles. The molecule has 0 spiro atoms. The third kappa shape index (κ3) is 6.70. The van der Waals surface area contributed by atoms with Crippen LogP contribution in [0.15, 0.2) is 97.1 Å². The Hall–Kier alpha value is -4.70. The van der Waals surface area contributed by atoms with Gasteiger partial charge >= 0.3 is 12.1 Å². The fourth-order valence-corrected chi connectivity index (χ4v) is 5.24. The van der Waals surface area contributed by atoms with E-state index in [-0.39, 0.29) is 17.2 Å². The molecule has 1 amide bonds. The van der Waals surface area contributed by atoms with Crippen molar-refractivity contribution in [3.05, 3.63) is 120 Å². The van der Waals surface area contributed by atoms with Crippen LogP contribution in [0.4, 0.5) is 28.9 Å². The van der Waals surface area contributed by atoms with Gasteiger partial charge in [-0.2, -0.15) is 13.2 Å². The minimum absolute atomic E-state index is 0.0237. The summed E-state index contributed by atoms with van der Waals surface area (Å²) in [6, 6.07) is 24.4. The molecule has 1 atom stereocenters. The number of rotatable bonds is 7. The Morgan fingerprint density at radius 1 is 0.837 bits per heavy atom. The second-order valence-electron chi connectivity index (χ2n) is 10.1. The van der Waals surface area contributed by atoms with Crippen LogP contribution in [0, 0.1) is 5.82 Å². The highest BCUT2D eigenvalue weighted by atomic mass is 19.4. The molecule has 1 heterocycles. The molecule has 222 valence electrons. The number of nitrogens with zero attached hydrogens (tertiary/aromatic N) is 2. The van der Waals surface area contributed by atoms with Crippen LogP contribution in [-0.4, -0.2) is 50.1 Å². The van der Waals surface area contributed by atoms with Crippen LogP contribution in [0.25, 0.3) is 11.1 Å². The van der Waals surface area contributed by atoms with Crippen LogP contribution in [0.5, 0.6) is 0 Å². The molecule has 0 saturated carbocycles. The van der Waals surface area contributed by atoms with E-state index in [0.717, 1.165) is 17.7 Å². The molecule has 5 rings (SSSR count). The quantitative estimate of drug-likeness (QED) is 0.189. The molecule has 0 aliphatic carbocycles. The molecule has 6 nitrogen and oxygen atoms in total. The van der Waals surface area contributed by atoms with E-state index in [1.54, 1.807) is 24.3 Å². The summed E-state index contributed by atoms with van der Waals surface area (Å²) in [5, 5.41) is 2.59. The van der Waals surface area contributed by atoms with Gasteiger partial charge in [-0.3, -0.25) is 9.69 Å². The average molecular weight is 592 g/mol.